The molecule has 0 aromatic heterocycles. The smallest absolute Gasteiger partial charge is 0.387 e. The summed E-state index contributed by atoms with van der Waals surface area (Å²) >= 11 is 0. The van der Waals surface area contributed by atoms with E-state index in [1.54, 1.807) is 0 Å². The molecule has 0 heterocycles. The molecule has 96 valence electrons. The van der Waals surface area contributed by atoms with Gasteiger partial charge in [-0.05, 0) is 0 Å². The van der Waals surface area contributed by atoms with Crippen molar-refractivity contribution in [1.29, 1.82) is 0 Å². The monoisotopic (exact) mass is 260 g/mol. The van der Waals surface area contributed by atoms with Crippen LogP contribution < -0.4 is 0 Å². The predicted octanol–water partition coefficient (Wildman–Crippen LogP) is -4.01. The quantitative estimate of drug-likeness (QED) is 0.271. The van der Waals surface area contributed by atoms with Crippen molar-refractivity contribution in [1.82, 2.24) is 0 Å². The summed E-state index contributed by atoms with van der Waals surface area (Å²) in [7, 11) is -4.98. The minimum atomic E-state index is -4.98. The molecule has 1 fully saturated rings. The third-order valence-corrected chi connectivity index (χ3v) is 2.77. The summed E-state index contributed by atoms with van der Waals surface area (Å²) in [5, 5.41) is 46.0. The average molecular weight is 260 g/mol. The molecular weight excluding hydrogens is 248 g/mol. The Morgan fingerprint density at radius 2 is 1.06 bits per heavy atom. The summed E-state index contributed by atoms with van der Waals surface area (Å²) in [4.78, 5) is 0. The third kappa shape index (κ3) is 2.67. The fourth-order valence-electron chi connectivity index (χ4n) is 1.45. The zero-order valence-corrected chi connectivity index (χ0v) is 8.60. The van der Waals surface area contributed by atoms with Crippen molar-refractivity contribution in [3.63, 3.8) is 0 Å². The lowest BCUT2D eigenvalue weighted by Crippen LogP contribution is -2.64. The van der Waals surface area contributed by atoms with Crippen LogP contribution >= 0.6 is 0 Å². The van der Waals surface area contributed by atoms with Gasteiger partial charge in [-0.25, -0.2) is 4.18 Å². The van der Waals surface area contributed by atoms with Crippen molar-refractivity contribution < 1.29 is 42.7 Å². The van der Waals surface area contributed by atoms with Gasteiger partial charge in [0.1, 0.15) is 36.6 Å². The van der Waals surface area contributed by atoms with Crippen molar-refractivity contribution in [2.45, 2.75) is 36.6 Å². The summed E-state index contributed by atoms with van der Waals surface area (Å²) in [5.41, 5.74) is 0. The van der Waals surface area contributed by atoms with Gasteiger partial charge in [-0.2, -0.15) is 8.42 Å². The van der Waals surface area contributed by atoms with Crippen LogP contribution in [0.4, 0.5) is 0 Å². The molecule has 1 saturated carbocycles. The van der Waals surface area contributed by atoms with Crippen LogP contribution in [0.5, 0.6) is 0 Å². The SMILES string of the molecule is O=S(=O)(O)O[C@@H]1[C@@H](O)[C@H](O)[C@@H](O)[C@H](O)[C@@H]1O. The van der Waals surface area contributed by atoms with Gasteiger partial charge < -0.3 is 25.5 Å². The van der Waals surface area contributed by atoms with Crippen molar-refractivity contribution in [3.05, 3.63) is 0 Å². The van der Waals surface area contributed by atoms with Crippen LogP contribution in [0.15, 0.2) is 0 Å². The molecule has 0 spiro atoms. The summed E-state index contributed by atoms with van der Waals surface area (Å²) in [6, 6.07) is 0. The number of aliphatic hydroxyl groups is 5. The Balaban J connectivity index is 2.91. The third-order valence-electron chi connectivity index (χ3n) is 2.31. The standard InChI is InChI=1S/C6H12O9S/c7-1-2(8)4(10)6(5(11)3(1)9)15-16(12,13)14/h1-11H,(H,12,13,14)/t1-,2-,3+,4-,5-,6-/m0/s1. The van der Waals surface area contributed by atoms with E-state index in [4.69, 9.17) is 9.66 Å². The molecule has 0 saturated heterocycles. The van der Waals surface area contributed by atoms with E-state index in [0.717, 1.165) is 0 Å². The molecule has 0 unspecified atom stereocenters. The molecule has 1 aliphatic rings. The van der Waals surface area contributed by atoms with Gasteiger partial charge in [0.05, 0.1) is 0 Å². The molecule has 0 aromatic carbocycles. The van der Waals surface area contributed by atoms with Gasteiger partial charge in [0.15, 0.2) is 0 Å². The van der Waals surface area contributed by atoms with E-state index >= 15 is 0 Å². The highest BCUT2D eigenvalue weighted by atomic mass is 32.3. The van der Waals surface area contributed by atoms with Gasteiger partial charge in [0, 0.05) is 0 Å². The molecule has 0 aliphatic heterocycles. The van der Waals surface area contributed by atoms with E-state index in [9.17, 15) is 28.8 Å². The Bertz CT molecular complexity index is 324. The number of hydrogen-bond donors (Lipinski definition) is 6. The van der Waals surface area contributed by atoms with Crippen LogP contribution in [0.1, 0.15) is 0 Å². The molecule has 0 aromatic rings. The second-order valence-corrected chi connectivity index (χ2v) is 4.49. The van der Waals surface area contributed by atoms with Gasteiger partial charge >= 0.3 is 10.4 Å². The van der Waals surface area contributed by atoms with Crippen molar-refractivity contribution in [2.75, 3.05) is 0 Å². The summed E-state index contributed by atoms with van der Waals surface area (Å²) in [6.07, 6.45) is -11.6. The van der Waals surface area contributed by atoms with E-state index in [1.807, 2.05) is 0 Å². The second kappa shape index (κ2) is 4.50. The van der Waals surface area contributed by atoms with Crippen molar-refractivity contribution >= 4 is 10.4 Å². The maximum atomic E-state index is 10.4. The molecular formula is C6H12O9S. The van der Waals surface area contributed by atoms with Crippen LogP contribution in [0.25, 0.3) is 0 Å². The topological polar surface area (TPSA) is 165 Å². The molecule has 0 amide bonds. The number of aliphatic hydroxyl groups excluding tert-OH is 5. The predicted molar refractivity (Wildman–Crippen MR) is 46.5 cm³/mol. The highest BCUT2D eigenvalue weighted by molar-refractivity contribution is 7.80. The van der Waals surface area contributed by atoms with Gasteiger partial charge in [0.2, 0.25) is 0 Å². The second-order valence-electron chi connectivity index (χ2n) is 3.44. The van der Waals surface area contributed by atoms with E-state index in [1.165, 1.54) is 0 Å². The first-order valence-electron chi connectivity index (χ1n) is 4.21. The zero-order valence-electron chi connectivity index (χ0n) is 7.78. The van der Waals surface area contributed by atoms with Gasteiger partial charge in [-0.1, -0.05) is 0 Å². The van der Waals surface area contributed by atoms with Crippen LogP contribution in [0, 0.1) is 0 Å². The fourth-order valence-corrected chi connectivity index (χ4v) is 1.96. The number of rotatable bonds is 2. The molecule has 6 N–H and O–H groups in total. The highest BCUT2D eigenvalue weighted by Crippen LogP contribution is 2.24. The van der Waals surface area contributed by atoms with Gasteiger partial charge in [0.25, 0.3) is 0 Å². The van der Waals surface area contributed by atoms with Gasteiger partial charge in [-0.15, -0.1) is 0 Å². The first-order chi connectivity index (χ1) is 7.15. The normalized spacial score (nSPS) is 45.6. The van der Waals surface area contributed by atoms with E-state index < -0.39 is 47.0 Å². The number of hydrogen-bond acceptors (Lipinski definition) is 8. The Labute approximate surface area is 90.5 Å². The molecule has 0 bridgehead atoms. The minimum Gasteiger partial charge on any atom is -0.387 e. The molecule has 1 aliphatic carbocycles. The van der Waals surface area contributed by atoms with E-state index in [-0.39, 0.29) is 0 Å². The molecule has 10 heteroatoms. The van der Waals surface area contributed by atoms with Crippen LogP contribution in [0.3, 0.4) is 0 Å². The molecule has 0 radical (unpaired) electrons. The molecule has 16 heavy (non-hydrogen) atoms. The summed E-state index contributed by atoms with van der Waals surface area (Å²) in [5.74, 6) is 0. The van der Waals surface area contributed by atoms with E-state index in [0.29, 0.717) is 0 Å². The summed E-state index contributed by atoms with van der Waals surface area (Å²) < 4.78 is 33.0. The van der Waals surface area contributed by atoms with E-state index in [2.05, 4.69) is 4.18 Å². The Kier molecular flexibility index (Phi) is 3.87. The lowest BCUT2D eigenvalue weighted by atomic mass is 9.85. The zero-order chi connectivity index (χ0) is 12.7. The first kappa shape index (κ1) is 13.7. The highest BCUT2D eigenvalue weighted by Gasteiger charge is 2.50. The maximum absolute atomic E-state index is 10.4. The van der Waals surface area contributed by atoms with Crippen molar-refractivity contribution in [3.8, 4) is 0 Å². The average Bonchev–Trinajstić information content (AvgIpc) is 2.17. The Morgan fingerprint density at radius 3 is 1.38 bits per heavy atom. The largest absolute Gasteiger partial charge is 0.397 e. The lowest BCUT2D eigenvalue weighted by Gasteiger charge is -2.40. The Morgan fingerprint density at radius 1 is 0.750 bits per heavy atom. The first-order valence-corrected chi connectivity index (χ1v) is 5.57. The fraction of sp³-hybridized carbons (Fsp3) is 1.00. The minimum absolute atomic E-state index is 1.86. The van der Waals surface area contributed by atoms with Crippen molar-refractivity contribution in [2.24, 2.45) is 0 Å². The summed E-state index contributed by atoms with van der Waals surface area (Å²) in [6.45, 7) is 0. The Hall–Kier alpha value is -0.330. The van der Waals surface area contributed by atoms with Crippen LogP contribution in [-0.2, 0) is 14.6 Å². The molecule has 9 nitrogen and oxygen atoms in total. The molecule has 6 atom stereocenters. The van der Waals surface area contributed by atoms with Crippen LogP contribution in [-0.4, -0.2) is 75.1 Å². The van der Waals surface area contributed by atoms with Gasteiger partial charge in [-0.3, -0.25) is 4.55 Å². The maximum Gasteiger partial charge on any atom is 0.397 e. The van der Waals surface area contributed by atoms with Crippen LogP contribution in [0.2, 0.25) is 0 Å². The lowest BCUT2D eigenvalue weighted by molar-refractivity contribution is -0.217. The molecule has 1 rings (SSSR count).